The van der Waals surface area contributed by atoms with Gasteiger partial charge in [0.15, 0.2) is 0 Å². The first-order chi connectivity index (χ1) is 12.2. The SMILES string of the molecule is O=C(Nc1ccc(-n2cnc3ccccc32)cc1)c1ccc(=O)[nH]n1. The van der Waals surface area contributed by atoms with Crippen LogP contribution in [0.1, 0.15) is 10.5 Å². The molecule has 4 aromatic rings. The molecule has 4 rings (SSSR count). The van der Waals surface area contributed by atoms with Crippen LogP contribution in [0.5, 0.6) is 0 Å². The van der Waals surface area contributed by atoms with Gasteiger partial charge in [-0.05, 0) is 42.5 Å². The first-order valence-corrected chi connectivity index (χ1v) is 7.60. The molecule has 0 spiro atoms. The number of rotatable bonds is 3. The van der Waals surface area contributed by atoms with E-state index in [1.165, 1.54) is 12.1 Å². The topological polar surface area (TPSA) is 92.7 Å². The molecule has 7 nitrogen and oxygen atoms in total. The van der Waals surface area contributed by atoms with Crippen molar-refractivity contribution in [2.45, 2.75) is 0 Å². The highest BCUT2D eigenvalue weighted by atomic mass is 16.2. The molecular weight excluding hydrogens is 318 g/mol. The number of hydrogen-bond donors (Lipinski definition) is 2. The second kappa shape index (κ2) is 6.04. The molecule has 0 aliphatic heterocycles. The van der Waals surface area contributed by atoms with Gasteiger partial charge in [0.2, 0.25) is 0 Å². The van der Waals surface area contributed by atoms with Crippen molar-refractivity contribution in [3.05, 3.63) is 83.0 Å². The number of fused-ring (bicyclic) bond motifs is 1. The van der Waals surface area contributed by atoms with Gasteiger partial charge >= 0.3 is 0 Å². The highest BCUT2D eigenvalue weighted by Crippen LogP contribution is 2.19. The smallest absolute Gasteiger partial charge is 0.276 e. The first kappa shape index (κ1) is 14.8. The third kappa shape index (κ3) is 2.90. The van der Waals surface area contributed by atoms with E-state index in [0.717, 1.165) is 16.7 Å². The Morgan fingerprint density at radius 2 is 1.80 bits per heavy atom. The minimum Gasteiger partial charge on any atom is -0.321 e. The Hall–Kier alpha value is -3.74. The van der Waals surface area contributed by atoms with Crippen molar-refractivity contribution in [1.82, 2.24) is 19.7 Å². The lowest BCUT2D eigenvalue weighted by molar-refractivity contribution is 0.102. The van der Waals surface area contributed by atoms with Gasteiger partial charge in [0.25, 0.3) is 11.5 Å². The van der Waals surface area contributed by atoms with Crippen molar-refractivity contribution < 1.29 is 4.79 Å². The van der Waals surface area contributed by atoms with E-state index in [-0.39, 0.29) is 11.3 Å². The normalized spacial score (nSPS) is 10.7. The van der Waals surface area contributed by atoms with Crippen molar-refractivity contribution in [3.8, 4) is 5.69 Å². The molecule has 122 valence electrons. The van der Waals surface area contributed by atoms with Gasteiger partial charge in [-0.3, -0.25) is 14.2 Å². The average Bonchev–Trinajstić information content (AvgIpc) is 3.07. The molecule has 0 fully saturated rings. The summed E-state index contributed by atoms with van der Waals surface area (Å²) in [6.45, 7) is 0. The Morgan fingerprint density at radius 1 is 1.00 bits per heavy atom. The molecule has 0 aliphatic rings. The van der Waals surface area contributed by atoms with Gasteiger partial charge in [-0.1, -0.05) is 12.1 Å². The van der Waals surface area contributed by atoms with E-state index in [9.17, 15) is 9.59 Å². The number of para-hydroxylation sites is 2. The van der Waals surface area contributed by atoms with Gasteiger partial charge in [-0.25, -0.2) is 10.1 Å². The maximum absolute atomic E-state index is 12.1. The standard InChI is InChI=1S/C18H13N5O2/c24-17-10-9-15(21-22-17)18(25)20-12-5-7-13(8-6-12)23-11-19-14-3-1-2-4-16(14)23/h1-11H,(H,20,25)(H,22,24). The van der Waals surface area contributed by atoms with E-state index in [2.05, 4.69) is 20.5 Å². The predicted molar refractivity (Wildman–Crippen MR) is 93.9 cm³/mol. The molecule has 2 N–H and O–H groups in total. The van der Waals surface area contributed by atoms with Crippen LogP contribution in [0.4, 0.5) is 5.69 Å². The second-order valence-corrected chi connectivity index (χ2v) is 5.41. The zero-order valence-corrected chi connectivity index (χ0v) is 13.0. The van der Waals surface area contributed by atoms with Crippen LogP contribution in [0, 0.1) is 0 Å². The van der Waals surface area contributed by atoms with E-state index in [4.69, 9.17) is 0 Å². The van der Waals surface area contributed by atoms with E-state index in [0.29, 0.717) is 5.69 Å². The van der Waals surface area contributed by atoms with Gasteiger partial charge in [0.05, 0.1) is 11.0 Å². The van der Waals surface area contributed by atoms with Gasteiger partial charge in [-0.15, -0.1) is 0 Å². The summed E-state index contributed by atoms with van der Waals surface area (Å²) in [5.41, 5.74) is 3.29. The molecule has 0 bridgehead atoms. The second-order valence-electron chi connectivity index (χ2n) is 5.41. The maximum atomic E-state index is 12.1. The van der Waals surface area contributed by atoms with Crippen LogP contribution in [0.3, 0.4) is 0 Å². The number of carbonyl (C=O) groups is 1. The van der Waals surface area contributed by atoms with E-state index in [1.54, 1.807) is 18.5 Å². The van der Waals surface area contributed by atoms with E-state index < -0.39 is 5.91 Å². The lowest BCUT2D eigenvalue weighted by atomic mass is 10.2. The number of benzene rings is 2. The molecule has 0 unspecified atom stereocenters. The van der Waals surface area contributed by atoms with Crippen LogP contribution in [-0.2, 0) is 0 Å². The predicted octanol–water partition coefficient (Wildman–Crippen LogP) is 2.36. The zero-order valence-electron chi connectivity index (χ0n) is 13.0. The molecule has 0 radical (unpaired) electrons. The number of aromatic nitrogens is 4. The molecule has 25 heavy (non-hydrogen) atoms. The summed E-state index contributed by atoms with van der Waals surface area (Å²) < 4.78 is 1.98. The molecule has 2 heterocycles. The van der Waals surface area contributed by atoms with Crippen LogP contribution in [-0.4, -0.2) is 25.7 Å². The van der Waals surface area contributed by atoms with Crippen molar-refractivity contribution in [3.63, 3.8) is 0 Å². The summed E-state index contributed by atoms with van der Waals surface area (Å²) in [7, 11) is 0. The molecule has 0 aliphatic carbocycles. The number of H-pyrrole nitrogens is 1. The summed E-state index contributed by atoms with van der Waals surface area (Å²) in [6, 6.07) is 17.9. The summed E-state index contributed by atoms with van der Waals surface area (Å²) in [6.07, 6.45) is 1.77. The molecule has 2 aromatic carbocycles. The van der Waals surface area contributed by atoms with E-state index in [1.807, 2.05) is 41.0 Å². The Balaban J connectivity index is 1.57. The lowest BCUT2D eigenvalue weighted by Gasteiger charge is -2.07. The molecule has 0 saturated heterocycles. The summed E-state index contributed by atoms with van der Waals surface area (Å²) in [4.78, 5) is 27.5. The van der Waals surface area contributed by atoms with Crippen molar-refractivity contribution in [1.29, 1.82) is 0 Å². The molecule has 2 aromatic heterocycles. The number of carbonyl (C=O) groups excluding carboxylic acids is 1. The Labute approximate surface area is 142 Å². The Morgan fingerprint density at radius 3 is 2.56 bits per heavy atom. The quantitative estimate of drug-likeness (QED) is 0.603. The van der Waals surface area contributed by atoms with Crippen molar-refractivity contribution in [2.24, 2.45) is 0 Å². The summed E-state index contributed by atoms with van der Waals surface area (Å²) >= 11 is 0. The summed E-state index contributed by atoms with van der Waals surface area (Å²) in [5.74, 6) is -0.392. The average molecular weight is 331 g/mol. The van der Waals surface area contributed by atoms with Gasteiger partial charge < -0.3 is 5.32 Å². The fraction of sp³-hybridized carbons (Fsp3) is 0. The minimum absolute atomic E-state index is 0.143. The zero-order chi connectivity index (χ0) is 17.2. The molecule has 1 amide bonds. The van der Waals surface area contributed by atoms with Gasteiger partial charge in [0.1, 0.15) is 12.0 Å². The van der Waals surface area contributed by atoms with Crippen molar-refractivity contribution in [2.75, 3.05) is 5.32 Å². The van der Waals surface area contributed by atoms with Crippen LogP contribution >= 0.6 is 0 Å². The fourth-order valence-corrected chi connectivity index (χ4v) is 2.54. The number of hydrogen-bond acceptors (Lipinski definition) is 4. The third-order valence-electron chi connectivity index (χ3n) is 3.77. The number of amides is 1. The molecule has 0 saturated carbocycles. The highest BCUT2D eigenvalue weighted by Gasteiger charge is 2.08. The molecular formula is C18H13N5O2. The molecule has 0 atom stereocenters. The minimum atomic E-state index is -0.392. The lowest BCUT2D eigenvalue weighted by Crippen LogP contribution is -2.17. The van der Waals surface area contributed by atoms with Crippen LogP contribution < -0.4 is 10.9 Å². The first-order valence-electron chi connectivity index (χ1n) is 7.60. The van der Waals surface area contributed by atoms with Gasteiger partial charge in [0, 0.05) is 17.4 Å². The fourth-order valence-electron chi connectivity index (χ4n) is 2.54. The molecule has 7 heteroatoms. The number of aromatic amines is 1. The monoisotopic (exact) mass is 331 g/mol. The number of nitrogens with zero attached hydrogens (tertiary/aromatic N) is 3. The van der Waals surface area contributed by atoms with Gasteiger partial charge in [-0.2, -0.15) is 5.10 Å². The number of imidazole rings is 1. The number of anilines is 1. The third-order valence-corrected chi connectivity index (χ3v) is 3.77. The van der Waals surface area contributed by atoms with Crippen LogP contribution in [0.15, 0.2) is 71.8 Å². The highest BCUT2D eigenvalue weighted by molar-refractivity contribution is 6.02. The Kier molecular flexibility index (Phi) is 3.59. The van der Waals surface area contributed by atoms with Crippen LogP contribution in [0.2, 0.25) is 0 Å². The van der Waals surface area contributed by atoms with Crippen LogP contribution in [0.25, 0.3) is 16.7 Å². The van der Waals surface area contributed by atoms with E-state index >= 15 is 0 Å². The largest absolute Gasteiger partial charge is 0.321 e. The maximum Gasteiger partial charge on any atom is 0.276 e. The summed E-state index contributed by atoms with van der Waals surface area (Å²) in [5, 5.41) is 8.68. The van der Waals surface area contributed by atoms with Crippen molar-refractivity contribution >= 4 is 22.6 Å². The Bertz CT molecular complexity index is 1090. The number of nitrogens with one attached hydrogen (secondary N) is 2.